The minimum absolute atomic E-state index is 0.731. The number of nitrogens with zero attached hydrogens (tertiary/aromatic N) is 1. The standard InChI is InChI=1S/C11H17N/c1-9-6-7-11-5-3-4-8-12(11)10(9)2/h3-5,9-10H,6-8H2,1-2H3. The summed E-state index contributed by atoms with van der Waals surface area (Å²) in [5, 5.41) is 0. The van der Waals surface area contributed by atoms with Gasteiger partial charge >= 0.3 is 0 Å². The Labute approximate surface area is 74.8 Å². The lowest BCUT2D eigenvalue weighted by Gasteiger charge is -2.42. The Morgan fingerprint density at radius 2 is 2.25 bits per heavy atom. The molecule has 0 saturated carbocycles. The summed E-state index contributed by atoms with van der Waals surface area (Å²) in [7, 11) is 0. The van der Waals surface area contributed by atoms with Gasteiger partial charge in [0.25, 0.3) is 0 Å². The van der Waals surface area contributed by atoms with Crippen LogP contribution in [0.2, 0.25) is 0 Å². The number of fused-ring (bicyclic) bond motifs is 1. The van der Waals surface area contributed by atoms with Gasteiger partial charge in [-0.25, -0.2) is 0 Å². The Hall–Kier alpha value is -0.720. The smallest absolute Gasteiger partial charge is 0.0362 e. The normalized spacial score (nSPS) is 34.5. The highest BCUT2D eigenvalue weighted by molar-refractivity contribution is 5.20. The summed E-state index contributed by atoms with van der Waals surface area (Å²) in [5.74, 6) is 0.855. The van der Waals surface area contributed by atoms with Crippen molar-refractivity contribution in [3.05, 3.63) is 23.9 Å². The van der Waals surface area contributed by atoms with E-state index >= 15 is 0 Å². The second-order valence-corrected chi connectivity index (χ2v) is 4.00. The SMILES string of the molecule is CC1CCC2=CC=CCN2C1C. The van der Waals surface area contributed by atoms with Crippen LogP contribution in [0.4, 0.5) is 0 Å². The summed E-state index contributed by atoms with van der Waals surface area (Å²) in [6, 6.07) is 0.731. The zero-order valence-electron chi connectivity index (χ0n) is 7.96. The third-order valence-corrected chi connectivity index (χ3v) is 3.27. The van der Waals surface area contributed by atoms with Gasteiger partial charge in [-0.15, -0.1) is 0 Å². The number of allylic oxidation sites excluding steroid dienone is 3. The molecule has 2 unspecified atom stereocenters. The molecule has 2 rings (SSSR count). The molecule has 1 nitrogen and oxygen atoms in total. The summed E-state index contributed by atoms with van der Waals surface area (Å²) in [4.78, 5) is 2.54. The maximum atomic E-state index is 2.54. The van der Waals surface area contributed by atoms with Gasteiger partial charge < -0.3 is 4.90 Å². The molecule has 66 valence electrons. The van der Waals surface area contributed by atoms with Gasteiger partial charge in [-0.3, -0.25) is 0 Å². The van der Waals surface area contributed by atoms with E-state index in [2.05, 4.69) is 37.0 Å². The monoisotopic (exact) mass is 163 g/mol. The topological polar surface area (TPSA) is 3.24 Å². The molecule has 12 heavy (non-hydrogen) atoms. The molecule has 2 atom stereocenters. The highest BCUT2D eigenvalue weighted by Crippen LogP contribution is 2.31. The van der Waals surface area contributed by atoms with Crippen molar-refractivity contribution in [1.29, 1.82) is 0 Å². The molecule has 0 aromatic rings. The molecular weight excluding hydrogens is 146 g/mol. The first-order valence-corrected chi connectivity index (χ1v) is 4.91. The molecule has 0 aromatic heterocycles. The predicted octanol–water partition coefficient (Wildman–Crippen LogP) is 2.56. The number of rotatable bonds is 0. The lowest BCUT2D eigenvalue weighted by molar-refractivity contribution is 0.172. The van der Waals surface area contributed by atoms with E-state index in [1.54, 1.807) is 5.70 Å². The fourth-order valence-corrected chi connectivity index (χ4v) is 2.15. The van der Waals surface area contributed by atoms with Gasteiger partial charge in [0.1, 0.15) is 0 Å². The third kappa shape index (κ3) is 1.17. The number of hydrogen-bond acceptors (Lipinski definition) is 1. The number of hydrogen-bond donors (Lipinski definition) is 0. The van der Waals surface area contributed by atoms with Crippen LogP contribution in [0.1, 0.15) is 26.7 Å². The highest BCUT2D eigenvalue weighted by Gasteiger charge is 2.26. The van der Waals surface area contributed by atoms with Crippen LogP contribution in [0.5, 0.6) is 0 Å². The molecule has 0 N–H and O–H groups in total. The Bertz CT molecular complexity index is 227. The molecule has 0 aliphatic carbocycles. The van der Waals surface area contributed by atoms with Crippen LogP contribution in [0, 0.1) is 5.92 Å². The van der Waals surface area contributed by atoms with Gasteiger partial charge in [0.2, 0.25) is 0 Å². The van der Waals surface area contributed by atoms with Gasteiger partial charge in [0, 0.05) is 18.3 Å². The molecule has 2 aliphatic rings. The molecule has 2 heterocycles. The molecule has 1 heteroatoms. The van der Waals surface area contributed by atoms with Crippen molar-refractivity contribution in [3.63, 3.8) is 0 Å². The van der Waals surface area contributed by atoms with Gasteiger partial charge in [0.05, 0.1) is 0 Å². The molecule has 0 aromatic carbocycles. The molecular formula is C11H17N. The fraction of sp³-hybridized carbons (Fsp3) is 0.636. The average molecular weight is 163 g/mol. The van der Waals surface area contributed by atoms with E-state index in [1.807, 2.05) is 0 Å². The second kappa shape index (κ2) is 2.96. The van der Waals surface area contributed by atoms with Crippen LogP contribution < -0.4 is 0 Å². The quantitative estimate of drug-likeness (QED) is 0.530. The highest BCUT2D eigenvalue weighted by atomic mass is 15.2. The van der Waals surface area contributed by atoms with E-state index in [9.17, 15) is 0 Å². The van der Waals surface area contributed by atoms with Gasteiger partial charge in [0.15, 0.2) is 0 Å². The van der Waals surface area contributed by atoms with E-state index < -0.39 is 0 Å². The second-order valence-electron chi connectivity index (χ2n) is 4.00. The summed E-state index contributed by atoms with van der Waals surface area (Å²) < 4.78 is 0. The van der Waals surface area contributed by atoms with Crippen LogP contribution in [0.3, 0.4) is 0 Å². The lowest BCUT2D eigenvalue weighted by Crippen LogP contribution is -2.41. The van der Waals surface area contributed by atoms with Crippen LogP contribution >= 0.6 is 0 Å². The van der Waals surface area contributed by atoms with E-state index in [1.165, 1.54) is 12.8 Å². The largest absolute Gasteiger partial charge is 0.368 e. The average Bonchev–Trinajstić information content (AvgIpc) is 2.12. The molecule has 1 fully saturated rings. The Morgan fingerprint density at radius 1 is 1.42 bits per heavy atom. The fourth-order valence-electron chi connectivity index (χ4n) is 2.15. The van der Waals surface area contributed by atoms with Crippen molar-refractivity contribution in [2.45, 2.75) is 32.7 Å². The zero-order valence-corrected chi connectivity index (χ0v) is 7.96. The Kier molecular flexibility index (Phi) is 1.95. The minimum atomic E-state index is 0.731. The molecule has 0 bridgehead atoms. The van der Waals surface area contributed by atoms with E-state index in [0.717, 1.165) is 18.5 Å². The van der Waals surface area contributed by atoms with Crippen molar-refractivity contribution in [3.8, 4) is 0 Å². The lowest BCUT2D eigenvalue weighted by atomic mass is 9.89. The Morgan fingerprint density at radius 3 is 3.08 bits per heavy atom. The number of piperidine rings is 1. The summed E-state index contributed by atoms with van der Waals surface area (Å²) in [6.45, 7) is 5.83. The summed E-state index contributed by atoms with van der Waals surface area (Å²) in [5.41, 5.74) is 1.54. The molecule has 2 aliphatic heterocycles. The maximum Gasteiger partial charge on any atom is 0.0362 e. The van der Waals surface area contributed by atoms with E-state index in [4.69, 9.17) is 0 Å². The van der Waals surface area contributed by atoms with Crippen LogP contribution in [0.25, 0.3) is 0 Å². The van der Waals surface area contributed by atoms with Gasteiger partial charge in [-0.2, -0.15) is 0 Å². The van der Waals surface area contributed by atoms with Gasteiger partial charge in [-0.05, 0) is 31.8 Å². The first-order valence-electron chi connectivity index (χ1n) is 4.91. The molecule has 0 radical (unpaired) electrons. The zero-order chi connectivity index (χ0) is 8.55. The summed E-state index contributed by atoms with van der Waals surface area (Å²) in [6.07, 6.45) is 9.34. The van der Waals surface area contributed by atoms with Crippen LogP contribution in [0.15, 0.2) is 23.9 Å². The van der Waals surface area contributed by atoms with Gasteiger partial charge in [-0.1, -0.05) is 19.1 Å². The van der Waals surface area contributed by atoms with Crippen molar-refractivity contribution < 1.29 is 0 Å². The van der Waals surface area contributed by atoms with Crippen molar-refractivity contribution >= 4 is 0 Å². The maximum absolute atomic E-state index is 2.54. The Balaban J connectivity index is 2.18. The molecule has 1 saturated heterocycles. The first-order chi connectivity index (χ1) is 5.79. The van der Waals surface area contributed by atoms with Crippen LogP contribution in [-0.4, -0.2) is 17.5 Å². The third-order valence-electron chi connectivity index (χ3n) is 3.27. The first kappa shape index (κ1) is 7.90. The van der Waals surface area contributed by atoms with E-state index in [0.29, 0.717) is 0 Å². The van der Waals surface area contributed by atoms with E-state index in [-0.39, 0.29) is 0 Å². The molecule has 0 amide bonds. The summed E-state index contributed by atoms with van der Waals surface area (Å²) >= 11 is 0. The molecule has 0 spiro atoms. The van der Waals surface area contributed by atoms with Crippen molar-refractivity contribution in [2.24, 2.45) is 5.92 Å². The van der Waals surface area contributed by atoms with Crippen LogP contribution in [-0.2, 0) is 0 Å². The predicted molar refractivity (Wildman–Crippen MR) is 51.8 cm³/mol. The van der Waals surface area contributed by atoms with Crippen molar-refractivity contribution in [2.75, 3.05) is 6.54 Å². The van der Waals surface area contributed by atoms with Crippen molar-refractivity contribution in [1.82, 2.24) is 4.90 Å². The minimum Gasteiger partial charge on any atom is -0.368 e.